The smallest absolute Gasteiger partial charge is 0.224 e. The monoisotopic (exact) mass is 235 g/mol. The summed E-state index contributed by atoms with van der Waals surface area (Å²) in [5, 5.41) is 13.2. The molecule has 1 heterocycles. The largest absolute Gasteiger partial charge is 0.550 e. The van der Waals surface area contributed by atoms with Crippen LogP contribution in [0.1, 0.15) is 26.7 Å². The van der Waals surface area contributed by atoms with E-state index in [-0.39, 0.29) is 18.7 Å². The van der Waals surface area contributed by atoms with E-state index in [1.54, 1.807) is 32.2 Å². The van der Waals surface area contributed by atoms with Crippen LogP contribution in [-0.2, 0) is 9.59 Å². The molecule has 1 aromatic heterocycles. The number of carbonyl (C=O) groups is 2. The molecule has 0 radical (unpaired) electrons. The van der Waals surface area contributed by atoms with Crippen LogP contribution < -0.4 is 10.4 Å². The fourth-order valence-corrected chi connectivity index (χ4v) is 1.53. The first kappa shape index (κ1) is 13.2. The summed E-state index contributed by atoms with van der Waals surface area (Å²) < 4.78 is 0. The van der Waals surface area contributed by atoms with Crippen molar-refractivity contribution in [3.05, 3.63) is 24.5 Å². The van der Waals surface area contributed by atoms with E-state index < -0.39 is 11.4 Å². The van der Waals surface area contributed by atoms with Crippen molar-refractivity contribution in [1.82, 2.24) is 4.98 Å². The quantitative estimate of drug-likeness (QED) is 0.809. The highest BCUT2D eigenvalue weighted by molar-refractivity contribution is 5.91. The van der Waals surface area contributed by atoms with Gasteiger partial charge in [-0.05, 0) is 24.0 Å². The van der Waals surface area contributed by atoms with Gasteiger partial charge < -0.3 is 15.2 Å². The predicted octanol–water partition coefficient (Wildman–Crippen LogP) is 0.576. The lowest BCUT2D eigenvalue weighted by Crippen LogP contribution is -2.31. The van der Waals surface area contributed by atoms with Crippen molar-refractivity contribution in [2.45, 2.75) is 26.7 Å². The van der Waals surface area contributed by atoms with Gasteiger partial charge >= 0.3 is 0 Å². The summed E-state index contributed by atoms with van der Waals surface area (Å²) in [6, 6.07) is 3.43. The molecule has 0 fully saturated rings. The number of carbonyl (C=O) groups excluding carboxylic acids is 2. The maximum Gasteiger partial charge on any atom is 0.224 e. The van der Waals surface area contributed by atoms with Crippen molar-refractivity contribution in [3.63, 3.8) is 0 Å². The fraction of sp³-hybridized carbons (Fsp3) is 0.417. The third-order valence-corrected chi connectivity index (χ3v) is 2.21. The van der Waals surface area contributed by atoms with Crippen molar-refractivity contribution >= 4 is 17.6 Å². The van der Waals surface area contributed by atoms with Crippen LogP contribution in [0.3, 0.4) is 0 Å². The minimum Gasteiger partial charge on any atom is -0.550 e. The Hall–Kier alpha value is -1.91. The molecule has 0 aliphatic heterocycles. The van der Waals surface area contributed by atoms with Gasteiger partial charge in [0, 0.05) is 18.6 Å². The fourth-order valence-electron chi connectivity index (χ4n) is 1.53. The average Bonchev–Trinajstić information content (AvgIpc) is 2.15. The third kappa shape index (κ3) is 5.10. The van der Waals surface area contributed by atoms with Crippen LogP contribution in [0, 0.1) is 5.41 Å². The Labute approximate surface area is 99.9 Å². The van der Waals surface area contributed by atoms with Crippen LogP contribution in [-0.4, -0.2) is 16.9 Å². The molecule has 0 aliphatic rings. The summed E-state index contributed by atoms with van der Waals surface area (Å²) in [7, 11) is 0. The molecule has 92 valence electrons. The zero-order chi connectivity index (χ0) is 12.9. The normalized spacial score (nSPS) is 10.9. The molecule has 5 heteroatoms. The molecule has 0 aromatic carbocycles. The summed E-state index contributed by atoms with van der Waals surface area (Å²) in [6.45, 7) is 3.43. The molecule has 1 amide bonds. The zero-order valence-electron chi connectivity index (χ0n) is 9.90. The van der Waals surface area contributed by atoms with Crippen molar-refractivity contribution in [2.75, 3.05) is 5.32 Å². The number of carboxylic acids is 1. The molecule has 5 nitrogen and oxygen atoms in total. The second-order valence-electron chi connectivity index (χ2n) is 4.68. The van der Waals surface area contributed by atoms with E-state index in [1.165, 1.54) is 6.20 Å². The molecule has 0 bridgehead atoms. The van der Waals surface area contributed by atoms with Gasteiger partial charge in [-0.3, -0.25) is 9.78 Å². The van der Waals surface area contributed by atoms with Crippen LogP contribution >= 0.6 is 0 Å². The van der Waals surface area contributed by atoms with Crippen molar-refractivity contribution in [1.29, 1.82) is 0 Å². The molecule has 0 unspecified atom stereocenters. The van der Waals surface area contributed by atoms with E-state index in [0.717, 1.165) is 0 Å². The maximum absolute atomic E-state index is 11.7. The lowest BCUT2D eigenvalue weighted by Gasteiger charge is -2.24. The van der Waals surface area contributed by atoms with Crippen LogP contribution in [0.2, 0.25) is 0 Å². The summed E-state index contributed by atoms with van der Waals surface area (Å²) in [4.78, 5) is 26.0. The van der Waals surface area contributed by atoms with Gasteiger partial charge in [-0.15, -0.1) is 0 Å². The molecular formula is C12H15N2O3-. The Morgan fingerprint density at radius 2 is 2.12 bits per heavy atom. The third-order valence-electron chi connectivity index (χ3n) is 2.21. The minimum absolute atomic E-state index is 0.121. The Morgan fingerprint density at radius 3 is 2.65 bits per heavy atom. The maximum atomic E-state index is 11.7. The van der Waals surface area contributed by atoms with Gasteiger partial charge in [-0.2, -0.15) is 0 Å². The van der Waals surface area contributed by atoms with Crippen LogP contribution in [0.4, 0.5) is 5.69 Å². The molecule has 1 N–H and O–H groups in total. The minimum atomic E-state index is -1.15. The molecule has 0 saturated heterocycles. The summed E-state index contributed by atoms with van der Waals surface area (Å²) >= 11 is 0. The van der Waals surface area contributed by atoms with E-state index >= 15 is 0 Å². The van der Waals surface area contributed by atoms with Crippen LogP contribution in [0.5, 0.6) is 0 Å². The molecule has 0 atom stereocenters. The van der Waals surface area contributed by atoms with Gasteiger partial charge in [-0.1, -0.05) is 13.8 Å². The number of rotatable bonds is 5. The molecule has 1 aromatic rings. The van der Waals surface area contributed by atoms with Crippen molar-refractivity contribution in [2.24, 2.45) is 5.41 Å². The van der Waals surface area contributed by atoms with E-state index in [2.05, 4.69) is 10.3 Å². The predicted molar refractivity (Wildman–Crippen MR) is 60.9 cm³/mol. The van der Waals surface area contributed by atoms with E-state index in [4.69, 9.17) is 0 Å². The highest BCUT2D eigenvalue weighted by Gasteiger charge is 2.22. The molecule has 17 heavy (non-hydrogen) atoms. The highest BCUT2D eigenvalue weighted by Crippen LogP contribution is 2.24. The van der Waals surface area contributed by atoms with Gasteiger partial charge in [0.2, 0.25) is 5.91 Å². The van der Waals surface area contributed by atoms with Gasteiger partial charge in [0.25, 0.3) is 0 Å². The number of nitrogens with one attached hydrogen (secondary N) is 1. The van der Waals surface area contributed by atoms with Crippen LogP contribution in [0.15, 0.2) is 24.5 Å². The SMILES string of the molecule is CC(C)(CC(=O)[O-])CC(=O)Nc1cccnc1. The second-order valence-corrected chi connectivity index (χ2v) is 4.68. The number of hydrogen-bond donors (Lipinski definition) is 1. The number of aromatic nitrogens is 1. The van der Waals surface area contributed by atoms with E-state index in [1.807, 2.05) is 0 Å². The van der Waals surface area contributed by atoms with Gasteiger partial charge in [0.1, 0.15) is 0 Å². The zero-order valence-corrected chi connectivity index (χ0v) is 9.90. The Bertz CT molecular complexity index is 401. The van der Waals surface area contributed by atoms with Crippen molar-refractivity contribution < 1.29 is 14.7 Å². The summed E-state index contributed by atoms with van der Waals surface area (Å²) in [6.07, 6.45) is 3.11. The number of hydrogen-bond acceptors (Lipinski definition) is 4. The number of pyridine rings is 1. The van der Waals surface area contributed by atoms with Crippen molar-refractivity contribution in [3.8, 4) is 0 Å². The van der Waals surface area contributed by atoms with E-state index in [0.29, 0.717) is 5.69 Å². The average molecular weight is 235 g/mol. The summed E-state index contributed by atoms with van der Waals surface area (Å²) in [5.74, 6) is -1.38. The summed E-state index contributed by atoms with van der Waals surface area (Å²) in [5.41, 5.74) is -0.0211. The number of anilines is 1. The first-order valence-electron chi connectivity index (χ1n) is 5.29. The molecular weight excluding hydrogens is 220 g/mol. The van der Waals surface area contributed by atoms with Gasteiger partial charge in [0.15, 0.2) is 0 Å². The molecule has 0 aliphatic carbocycles. The van der Waals surface area contributed by atoms with E-state index in [9.17, 15) is 14.7 Å². The molecule has 0 spiro atoms. The molecule has 1 rings (SSSR count). The lowest BCUT2D eigenvalue weighted by molar-refractivity contribution is -0.307. The first-order valence-corrected chi connectivity index (χ1v) is 5.29. The Morgan fingerprint density at radius 1 is 1.41 bits per heavy atom. The lowest BCUT2D eigenvalue weighted by atomic mass is 9.85. The highest BCUT2D eigenvalue weighted by atomic mass is 16.4. The Balaban J connectivity index is 2.52. The standard InChI is InChI=1S/C12H16N2O3/c1-12(2,7-11(16)17)6-10(15)14-9-4-3-5-13-8-9/h3-5,8H,6-7H2,1-2H3,(H,14,15)(H,16,17)/p-1. The molecule has 0 saturated carbocycles. The van der Waals surface area contributed by atoms with Gasteiger partial charge in [0.05, 0.1) is 11.9 Å². The van der Waals surface area contributed by atoms with Crippen LogP contribution in [0.25, 0.3) is 0 Å². The topological polar surface area (TPSA) is 82.1 Å². The number of amides is 1. The number of aliphatic carboxylic acids is 1. The number of carboxylic acid groups (broad SMARTS) is 1. The first-order chi connectivity index (χ1) is 7.89. The second kappa shape index (κ2) is 5.43. The number of nitrogens with zero attached hydrogens (tertiary/aromatic N) is 1. The Kier molecular flexibility index (Phi) is 4.20. The van der Waals surface area contributed by atoms with Gasteiger partial charge in [-0.25, -0.2) is 0 Å².